The van der Waals surface area contributed by atoms with E-state index in [9.17, 15) is 4.79 Å². The van der Waals surface area contributed by atoms with Crippen molar-refractivity contribution in [2.45, 2.75) is 19.4 Å². The third-order valence-corrected chi connectivity index (χ3v) is 3.10. The maximum atomic E-state index is 11.2. The second kappa shape index (κ2) is 4.37. The van der Waals surface area contributed by atoms with E-state index in [4.69, 9.17) is 14.6 Å². The van der Waals surface area contributed by atoms with E-state index in [1.54, 1.807) is 18.8 Å². The van der Waals surface area contributed by atoms with Crippen molar-refractivity contribution in [1.29, 1.82) is 0 Å². The first-order valence-corrected chi connectivity index (χ1v) is 5.48. The number of carboxylic acid groups (broad SMARTS) is 1. The minimum atomic E-state index is -0.835. The van der Waals surface area contributed by atoms with Crippen LogP contribution in [-0.4, -0.2) is 34.6 Å². The lowest BCUT2D eigenvalue weighted by Crippen LogP contribution is -2.18. The molecule has 0 saturated carbocycles. The summed E-state index contributed by atoms with van der Waals surface area (Å²) in [6.07, 6.45) is 0.0634. The number of hydrogen-bond acceptors (Lipinski definition) is 4. The first-order chi connectivity index (χ1) is 8.06. The molecule has 6 heteroatoms. The van der Waals surface area contributed by atoms with Crippen LogP contribution in [0.5, 0.6) is 5.88 Å². The predicted molar refractivity (Wildman–Crippen MR) is 58.9 cm³/mol. The van der Waals surface area contributed by atoms with Crippen molar-refractivity contribution < 1.29 is 19.4 Å². The van der Waals surface area contributed by atoms with Gasteiger partial charge in [-0.25, -0.2) is 4.68 Å². The third-order valence-electron chi connectivity index (χ3n) is 3.10. The van der Waals surface area contributed by atoms with Gasteiger partial charge in [0.25, 0.3) is 0 Å². The second-order valence-corrected chi connectivity index (χ2v) is 4.16. The van der Waals surface area contributed by atoms with Crippen LogP contribution < -0.4 is 4.74 Å². The summed E-state index contributed by atoms with van der Waals surface area (Å²) in [5.74, 6) is -0.787. The summed E-state index contributed by atoms with van der Waals surface area (Å²) in [4.78, 5) is 11.2. The Morgan fingerprint density at radius 1 is 1.65 bits per heavy atom. The number of rotatable bonds is 3. The topological polar surface area (TPSA) is 73.6 Å². The molecule has 1 aliphatic heterocycles. The molecule has 0 spiro atoms. The number of aliphatic carboxylic acids is 1. The van der Waals surface area contributed by atoms with E-state index in [1.807, 2.05) is 6.92 Å². The molecule has 1 aromatic heterocycles. The van der Waals surface area contributed by atoms with Gasteiger partial charge in [0.05, 0.1) is 24.3 Å². The number of aryl methyl sites for hydroxylation is 2. The zero-order valence-corrected chi connectivity index (χ0v) is 10.1. The molecule has 6 nitrogen and oxygen atoms in total. The van der Waals surface area contributed by atoms with E-state index < -0.39 is 18.0 Å². The maximum absolute atomic E-state index is 11.2. The number of hydrogen-bond donors (Lipinski definition) is 1. The van der Waals surface area contributed by atoms with Gasteiger partial charge >= 0.3 is 5.97 Å². The van der Waals surface area contributed by atoms with Gasteiger partial charge in [0.2, 0.25) is 5.88 Å². The van der Waals surface area contributed by atoms with Crippen LogP contribution in [-0.2, 0) is 16.6 Å². The van der Waals surface area contributed by atoms with Gasteiger partial charge in [0.15, 0.2) is 0 Å². The molecular formula is C11H16N2O4. The van der Waals surface area contributed by atoms with Gasteiger partial charge in [0.1, 0.15) is 6.10 Å². The van der Waals surface area contributed by atoms with Gasteiger partial charge in [-0.15, -0.1) is 0 Å². The fourth-order valence-corrected chi connectivity index (χ4v) is 2.35. The molecule has 0 aliphatic carbocycles. The summed E-state index contributed by atoms with van der Waals surface area (Å²) in [6, 6.07) is 0. The fourth-order valence-electron chi connectivity index (χ4n) is 2.35. The van der Waals surface area contributed by atoms with Crippen molar-refractivity contribution in [3.05, 3.63) is 11.3 Å². The molecule has 1 saturated heterocycles. The minimum Gasteiger partial charge on any atom is -0.481 e. The Kier molecular flexibility index (Phi) is 3.06. The van der Waals surface area contributed by atoms with Crippen LogP contribution in [0.2, 0.25) is 0 Å². The SMILES string of the molecule is COc1c(C2OCCC2C(=O)O)c(C)nn1C. The summed E-state index contributed by atoms with van der Waals surface area (Å²) in [5, 5.41) is 13.4. The Labute approximate surface area is 99.1 Å². The number of aromatic nitrogens is 2. The van der Waals surface area contributed by atoms with E-state index in [-0.39, 0.29) is 0 Å². The lowest BCUT2D eigenvalue weighted by atomic mass is 9.95. The monoisotopic (exact) mass is 240 g/mol. The molecule has 1 aliphatic rings. The summed E-state index contributed by atoms with van der Waals surface area (Å²) in [6.45, 7) is 2.29. The zero-order chi connectivity index (χ0) is 12.6. The number of ether oxygens (including phenoxy) is 2. The molecule has 0 amide bonds. The normalized spacial score (nSPS) is 23.9. The van der Waals surface area contributed by atoms with E-state index in [1.165, 1.54) is 0 Å². The highest BCUT2D eigenvalue weighted by Crippen LogP contribution is 2.40. The van der Waals surface area contributed by atoms with Crippen molar-refractivity contribution in [1.82, 2.24) is 9.78 Å². The number of nitrogens with zero attached hydrogens (tertiary/aromatic N) is 2. The average molecular weight is 240 g/mol. The van der Waals surface area contributed by atoms with Crippen molar-refractivity contribution >= 4 is 5.97 Å². The van der Waals surface area contributed by atoms with Gasteiger partial charge in [-0.2, -0.15) is 5.10 Å². The molecular weight excluding hydrogens is 224 g/mol. The smallest absolute Gasteiger partial charge is 0.309 e. The Morgan fingerprint density at radius 3 is 2.94 bits per heavy atom. The summed E-state index contributed by atoms with van der Waals surface area (Å²) < 4.78 is 12.4. The lowest BCUT2D eigenvalue weighted by molar-refractivity contribution is -0.143. The van der Waals surface area contributed by atoms with Crippen molar-refractivity contribution in [3.8, 4) is 5.88 Å². The molecule has 2 unspecified atom stereocenters. The molecule has 0 aromatic carbocycles. The Morgan fingerprint density at radius 2 is 2.35 bits per heavy atom. The molecule has 0 radical (unpaired) electrons. The average Bonchev–Trinajstić information content (AvgIpc) is 2.81. The summed E-state index contributed by atoms with van der Waals surface area (Å²) in [5.41, 5.74) is 1.50. The molecule has 1 fully saturated rings. The third kappa shape index (κ3) is 1.88. The van der Waals surface area contributed by atoms with E-state index in [2.05, 4.69) is 5.10 Å². The quantitative estimate of drug-likeness (QED) is 0.849. The number of carbonyl (C=O) groups is 1. The molecule has 0 bridgehead atoms. The van der Waals surface area contributed by atoms with Crippen LogP contribution in [0.15, 0.2) is 0 Å². The van der Waals surface area contributed by atoms with Crippen molar-refractivity contribution in [3.63, 3.8) is 0 Å². The Hall–Kier alpha value is -1.56. The second-order valence-electron chi connectivity index (χ2n) is 4.16. The van der Waals surface area contributed by atoms with Gasteiger partial charge < -0.3 is 14.6 Å². The molecule has 94 valence electrons. The Balaban J connectivity index is 2.42. The standard InChI is InChI=1S/C11H16N2O4/c1-6-8(10(16-3)13(2)12-6)9-7(11(14)15)4-5-17-9/h7,9H,4-5H2,1-3H3,(H,14,15). The highest BCUT2D eigenvalue weighted by molar-refractivity contribution is 5.71. The first-order valence-electron chi connectivity index (χ1n) is 5.48. The number of methoxy groups -OCH3 is 1. The van der Waals surface area contributed by atoms with E-state index in [0.29, 0.717) is 18.9 Å². The van der Waals surface area contributed by atoms with E-state index >= 15 is 0 Å². The lowest BCUT2D eigenvalue weighted by Gasteiger charge is -2.15. The van der Waals surface area contributed by atoms with Crippen LogP contribution in [0.3, 0.4) is 0 Å². The van der Waals surface area contributed by atoms with Gasteiger partial charge in [-0.3, -0.25) is 4.79 Å². The molecule has 2 heterocycles. The van der Waals surface area contributed by atoms with Crippen LogP contribution in [0, 0.1) is 12.8 Å². The minimum absolute atomic E-state index is 0.457. The molecule has 2 rings (SSSR count). The van der Waals surface area contributed by atoms with Gasteiger partial charge in [0, 0.05) is 13.7 Å². The van der Waals surface area contributed by atoms with Crippen LogP contribution in [0.25, 0.3) is 0 Å². The molecule has 2 atom stereocenters. The van der Waals surface area contributed by atoms with Crippen LogP contribution in [0.1, 0.15) is 23.8 Å². The van der Waals surface area contributed by atoms with Gasteiger partial charge in [-0.05, 0) is 13.3 Å². The van der Waals surface area contributed by atoms with Crippen molar-refractivity contribution in [2.75, 3.05) is 13.7 Å². The molecule has 1 aromatic rings. The number of carboxylic acids is 1. The van der Waals surface area contributed by atoms with E-state index in [0.717, 1.165) is 11.3 Å². The van der Waals surface area contributed by atoms with Crippen LogP contribution >= 0.6 is 0 Å². The summed E-state index contributed by atoms with van der Waals surface area (Å²) >= 11 is 0. The zero-order valence-electron chi connectivity index (χ0n) is 10.1. The molecule has 1 N–H and O–H groups in total. The van der Waals surface area contributed by atoms with Crippen molar-refractivity contribution in [2.24, 2.45) is 13.0 Å². The molecule has 17 heavy (non-hydrogen) atoms. The summed E-state index contributed by atoms with van der Waals surface area (Å²) in [7, 11) is 3.31. The Bertz CT molecular complexity index is 441. The van der Waals surface area contributed by atoms with Crippen LogP contribution in [0.4, 0.5) is 0 Å². The predicted octanol–water partition coefficient (Wildman–Crippen LogP) is 0.899. The largest absolute Gasteiger partial charge is 0.481 e. The maximum Gasteiger partial charge on any atom is 0.309 e. The first kappa shape index (κ1) is 11.9. The highest BCUT2D eigenvalue weighted by atomic mass is 16.5. The van der Waals surface area contributed by atoms with Gasteiger partial charge in [-0.1, -0.05) is 0 Å². The highest BCUT2D eigenvalue weighted by Gasteiger charge is 2.39. The fraction of sp³-hybridized carbons (Fsp3) is 0.636.